The minimum absolute atomic E-state index is 0.466. The van der Waals surface area contributed by atoms with E-state index >= 15 is 0 Å². The maximum absolute atomic E-state index is 6.06. The number of ether oxygens (including phenoxy) is 1. The first-order valence-corrected chi connectivity index (χ1v) is 8.43. The lowest BCUT2D eigenvalue weighted by Gasteiger charge is -2.28. The molecule has 2 atom stereocenters. The summed E-state index contributed by atoms with van der Waals surface area (Å²) in [6.45, 7) is 6.18. The van der Waals surface area contributed by atoms with Crippen molar-refractivity contribution in [1.29, 1.82) is 0 Å². The van der Waals surface area contributed by atoms with Gasteiger partial charge in [-0.15, -0.1) is 0 Å². The summed E-state index contributed by atoms with van der Waals surface area (Å²) in [5.41, 5.74) is 0. The van der Waals surface area contributed by atoms with Gasteiger partial charge in [-0.05, 0) is 25.2 Å². The molecule has 0 bridgehead atoms. The number of aromatic nitrogens is 1. The monoisotopic (exact) mass is 282 g/mol. The second kappa shape index (κ2) is 7.85. The van der Waals surface area contributed by atoms with Gasteiger partial charge in [0.1, 0.15) is 0 Å². The van der Waals surface area contributed by atoms with Gasteiger partial charge in [-0.2, -0.15) is 0 Å². The first-order chi connectivity index (χ1) is 9.31. The summed E-state index contributed by atoms with van der Waals surface area (Å²) in [4.78, 5) is 5.61. The van der Waals surface area contributed by atoms with Gasteiger partial charge in [-0.25, -0.2) is 4.98 Å². The smallest absolute Gasteiger partial charge is 0.182 e. The fraction of sp³-hybridized carbons (Fsp3) is 0.800. The van der Waals surface area contributed by atoms with Gasteiger partial charge in [0.25, 0.3) is 0 Å². The van der Waals surface area contributed by atoms with E-state index in [1.165, 1.54) is 37.0 Å². The fourth-order valence-electron chi connectivity index (χ4n) is 2.65. The molecule has 0 spiro atoms. The lowest BCUT2D eigenvalue weighted by atomic mass is 9.85. The van der Waals surface area contributed by atoms with E-state index in [1.54, 1.807) is 11.3 Å². The van der Waals surface area contributed by atoms with Crippen molar-refractivity contribution in [3.63, 3.8) is 0 Å². The zero-order valence-electron chi connectivity index (χ0n) is 12.2. The van der Waals surface area contributed by atoms with E-state index in [2.05, 4.69) is 24.1 Å². The van der Waals surface area contributed by atoms with Crippen LogP contribution in [0.3, 0.4) is 0 Å². The Morgan fingerprint density at radius 3 is 3.11 bits per heavy atom. The quantitative estimate of drug-likeness (QED) is 0.802. The SMILES string of the molecule is CCCNc1ncc(COC2CCCC(CC)C2)s1. The lowest BCUT2D eigenvalue weighted by Crippen LogP contribution is -2.22. The first-order valence-electron chi connectivity index (χ1n) is 7.62. The predicted octanol–water partition coefficient (Wildman–Crippen LogP) is 4.45. The summed E-state index contributed by atoms with van der Waals surface area (Å²) in [5, 5.41) is 4.34. The zero-order chi connectivity index (χ0) is 13.5. The molecule has 0 saturated heterocycles. The molecule has 1 saturated carbocycles. The van der Waals surface area contributed by atoms with Crippen molar-refractivity contribution in [3.8, 4) is 0 Å². The van der Waals surface area contributed by atoms with Gasteiger partial charge < -0.3 is 10.1 Å². The molecule has 108 valence electrons. The van der Waals surface area contributed by atoms with E-state index in [1.807, 2.05) is 6.20 Å². The minimum atomic E-state index is 0.466. The maximum Gasteiger partial charge on any atom is 0.182 e. The maximum atomic E-state index is 6.06. The molecule has 1 fully saturated rings. The van der Waals surface area contributed by atoms with Crippen LogP contribution in [-0.4, -0.2) is 17.6 Å². The minimum Gasteiger partial charge on any atom is -0.373 e. The summed E-state index contributed by atoms with van der Waals surface area (Å²) >= 11 is 1.72. The predicted molar refractivity (Wildman–Crippen MR) is 81.7 cm³/mol. The van der Waals surface area contributed by atoms with E-state index < -0.39 is 0 Å². The highest BCUT2D eigenvalue weighted by atomic mass is 32.1. The number of nitrogens with one attached hydrogen (secondary N) is 1. The van der Waals surface area contributed by atoms with Crippen LogP contribution in [0.15, 0.2) is 6.20 Å². The van der Waals surface area contributed by atoms with Gasteiger partial charge >= 0.3 is 0 Å². The van der Waals surface area contributed by atoms with Crippen molar-refractivity contribution >= 4 is 16.5 Å². The van der Waals surface area contributed by atoms with E-state index in [0.29, 0.717) is 6.10 Å². The van der Waals surface area contributed by atoms with Gasteiger partial charge in [0.2, 0.25) is 0 Å². The Morgan fingerprint density at radius 2 is 2.32 bits per heavy atom. The van der Waals surface area contributed by atoms with E-state index in [9.17, 15) is 0 Å². The molecule has 4 heteroatoms. The van der Waals surface area contributed by atoms with Crippen molar-refractivity contribution < 1.29 is 4.74 Å². The Morgan fingerprint density at radius 1 is 1.42 bits per heavy atom. The highest BCUT2D eigenvalue weighted by Gasteiger charge is 2.21. The van der Waals surface area contributed by atoms with Crippen molar-refractivity contribution in [2.45, 2.75) is 65.1 Å². The van der Waals surface area contributed by atoms with Gasteiger partial charge in [-0.3, -0.25) is 0 Å². The molecule has 2 unspecified atom stereocenters. The van der Waals surface area contributed by atoms with Crippen molar-refractivity contribution in [3.05, 3.63) is 11.1 Å². The van der Waals surface area contributed by atoms with Crippen LogP contribution >= 0.6 is 11.3 Å². The number of hydrogen-bond acceptors (Lipinski definition) is 4. The molecule has 0 aromatic carbocycles. The van der Waals surface area contributed by atoms with Gasteiger partial charge in [0.15, 0.2) is 5.13 Å². The molecule has 1 aromatic rings. The first kappa shape index (κ1) is 14.8. The lowest BCUT2D eigenvalue weighted by molar-refractivity contribution is 0.00291. The van der Waals surface area contributed by atoms with Crippen LogP contribution in [0.5, 0.6) is 0 Å². The average Bonchev–Trinajstić information content (AvgIpc) is 2.91. The third kappa shape index (κ3) is 4.77. The molecule has 3 nitrogen and oxygen atoms in total. The van der Waals surface area contributed by atoms with Crippen LogP contribution in [0.1, 0.15) is 57.2 Å². The highest BCUT2D eigenvalue weighted by molar-refractivity contribution is 7.15. The topological polar surface area (TPSA) is 34.2 Å². The molecule has 1 aromatic heterocycles. The summed E-state index contributed by atoms with van der Waals surface area (Å²) < 4.78 is 6.06. The highest BCUT2D eigenvalue weighted by Crippen LogP contribution is 2.29. The fourth-order valence-corrected chi connectivity index (χ4v) is 3.41. The number of nitrogens with zero attached hydrogens (tertiary/aromatic N) is 1. The van der Waals surface area contributed by atoms with Crippen molar-refractivity contribution in [1.82, 2.24) is 4.98 Å². The summed E-state index contributed by atoms with van der Waals surface area (Å²) in [7, 11) is 0. The van der Waals surface area contributed by atoms with Gasteiger partial charge in [-0.1, -0.05) is 44.4 Å². The standard InChI is InChI=1S/C15H26N2OS/c1-3-8-16-15-17-10-14(19-15)11-18-13-7-5-6-12(4-2)9-13/h10,12-13H,3-9,11H2,1-2H3,(H,16,17). The third-order valence-corrected chi connectivity index (χ3v) is 4.78. The van der Waals surface area contributed by atoms with Crippen LogP contribution < -0.4 is 5.32 Å². The molecule has 1 aliphatic rings. The second-order valence-electron chi connectivity index (χ2n) is 5.43. The molecule has 1 heterocycles. The van der Waals surface area contributed by atoms with Crippen LogP contribution in [0.2, 0.25) is 0 Å². The van der Waals surface area contributed by atoms with E-state index in [4.69, 9.17) is 4.74 Å². The zero-order valence-corrected chi connectivity index (χ0v) is 13.0. The Balaban J connectivity index is 1.73. The van der Waals surface area contributed by atoms with E-state index in [0.717, 1.165) is 30.6 Å². The molecular weight excluding hydrogens is 256 g/mol. The molecule has 0 amide bonds. The normalized spacial score (nSPS) is 23.5. The summed E-state index contributed by atoms with van der Waals surface area (Å²) in [6.07, 6.45) is 10.0. The largest absolute Gasteiger partial charge is 0.373 e. The van der Waals surface area contributed by atoms with Gasteiger partial charge in [0.05, 0.1) is 17.6 Å². The summed E-state index contributed by atoms with van der Waals surface area (Å²) in [5.74, 6) is 0.877. The Hall–Kier alpha value is -0.610. The Bertz CT molecular complexity index is 367. The van der Waals surface area contributed by atoms with Crippen LogP contribution in [0, 0.1) is 5.92 Å². The molecule has 1 N–H and O–H groups in total. The Kier molecular flexibility index (Phi) is 6.11. The molecule has 2 rings (SSSR count). The molecule has 1 aliphatic carbocycles. The van der Waals surface area contributed by atoms with E-state index in [-0.39, 0.29) is 0 Å². The molecule has 19 heavy (non-hydrogen) atoms. The van der Waals surface area contributed by atoms with Crippen LogP contribution in [-0.2, 0) is 11.3 Å². The molecular formula is C15H26N2OS. The van der Waals surface area contributed by atoms with Crippen LogP contribution in [0.4, 0.5) is 5.13 Å². The third-order valence-electron chi connectivity index (χ3n) is 3.85. The summed E-state index contributed by atoms with van der Waals surface area (Å²) in [6, 6.07) is 0. The number of rotatable bonds is 7. The average molecular weight is 282 g/mol. The Labute approximate surface area is 120 Å². The van der Waals surface area contributed by atoms with Crippen molar-refractivity contribution in [2.75, 3.05) is 11.9 Å². The number of thiazole rings is 1. The number of anilines is 1. The van der Waals surface area contributed by atoms with Crippen LogP contribution in [0.25, 0.3) is 0 Å². The molecule has 0 aliphatic heterocycles. The van der Waals surface area contributed by atoms with Gasteiger partial charge in [0, 0.05) is 12.7 Å². The number of hydrogen-bond donors (Lipinski definition) is 1. The van der Waals surface area contributed by atoms with Crippen molar-refractivity contribution in [2.24, 2.45) is 5.92 Å². The molecule has 0 radical (unpaired) electrons. The second-order valence-corrected chi connectivity index (χ2v) is 6.55.